The van der Waals surface area contributed by atoms with Gasteiger partial charge in [0.1, 0.15) is 0 Å². The van der Waals surface area contributed by atoms with Crippen molar-refractivity contribution in [3.63, 3.8) is 0 Å². The molecule has 0 heteroatoms. The second-order valence-corrected chi connectivity index (χ2v) is 5.10. The minimum atomic E-state index is 0.609. The molecular formula is C12H24. The Morgan fingerprint density at radius 3 is 2.17 bits per heavy atom. The maximum absolute atomic E-state index is 2.48. The SMILES string of the molecule is CC[C@@]1(C)[C@H](C)CC[C@H](C)[C@@H]1C. The van der Waals surface area contributed by atoms with E-state index in [0.29, 0.717) is 5.41 Å². The molecule has 0 aromatic rings. The van der Waals surface area contributed by atoms with Crippen LogP contribution < -0.4 is 0 Å². The quantitative estimate of drug-likeness (QED) is 0.553. The summed E-state index contributed by atoms with van der Waals surface area (Å²) in [6.07, 6.45) is 4.23. The van der Waals surface area contributed by atoms with Gasteiger partial charge in [0.2, 0.25) is 0 Å². The lowest BCUT2D eigenvalue weighted by molar-refractivity contribution is 0.0192. The molecule has 72 valence electrons. The number of rotatable bonds is 1. The molecule has 12 heavy (non-hydrogen) atoms. The van der Waals surface area contributed by atoms with Crippen molar-refractivity contribution in [2.75, 3.05) is 0 Å². The molecule has 0 unspecified atom stereocenters. The van der Waals surface area contributed by atoms with Crippen LogP contribution in [0.1, 0.15) is 53.9 Å². The highest BCUT2D eigenvalue weighted by Crippen LogP contribution is 2.49. The molecule has 0 amide bonds. The van der Waals surface area contributed by atoms with Gasteiger partial charge >= 0.3 is 0 Å². The first-order valence-corrected chi connectivity index (χ1v) is 5.52. The molecule has 0 aromatic carbocycles. The minimum Gasteiger partial charge on any atom is -0.0648 e. The van der Waals surface area contributed by atoms with Crippen molar-refractivity contribution in [2.45, 2.75) is 53.9 Å². The van der Waals surface area contributed by atoms with Gasteiger partial charge in [-0.2, -0.15) is 0 Å². The van der Waals surface area contributed by atoms with Gasteiger partial charge < -0.3 is 0 Å². The van der Waals surface area contributed by atoms with Gasteiger partial charge in [-0.05, 0) is 29.6 Å². The Labute approximate surface area is 77.7 Å². The van der Waals surface area contributed by atoms with E-state index >= 15 is 0 Å². The van der Waals surface area contributed by atoms with Gasteiger partial charge in [-0.15, -0.1) is 0 Å². The molecule has 4 atom stereocenters. The smallest absolute Gasteiger partial charge is 0.0275 e. The molecule has 1 fully saturated rings. The third kappa shape index (κ3) is 1.41. The minimum absolute atomic E-state index is 0.609. The van der Waals surface area contributed by atoms with Gasteiger partial charge in [-0.3, -0.25) is 0 Å². The van der Waals surface area contributed by atoms with Crippen LogP contribution in [0.3, 0.4) is 0 Å². The largest absolute Gasteiger partial charge is 0.0648 e. The monoisotopic (exact) mass is 168 g/mol. The molecule has 1 rings (SSSR count). The van der Waals surface area contributed by atoms with Crippen molar-refractivity contribution < 1.29 is 0 Å². The lowest BCUT2D eigenvalue weighted by Crippen LogP contribution is -2.39. The van der Waals surface area contributed by atoms with Gasteiger partial charge in [0.15, 0.2) is 0 Å². The van der Waals surface area contributed by atoms with Crippen molar-refractivity contribution in [2.24, 2.45) is 23.2 Å². The Hall–Kier alpha value is 0. The molecule has 1 aliphatic carbocycles. The maximum Gasteiger partial charge on any atom is -0.0275 e. The standard InChI is InChI=1S/C12H24/c1-6-12(5)10(3)8-7-9(2)11(12)4/h9-11H,6-8H2,1-5H3/t9-,10+,11-,12-/m0/s1. The van der Waals surface area contributed by atoms with E-state index < -0.39 is 0 Å². The molecule has 0 radical (unpaired) electrons. The molecule has 0 aliphatic heterocycles. The summed E-state index contributed by atoms with van der Waals surface area (Å²) < 4.78 is 0. The maximum atomic E-state index is 2.48. The fourth-order valence-corrected chi connectivity index (χ4v) is 2.86. The number of hydrogen-bond acceptors (Lipinski definition) is 0. The molecular weight excluding hydrogens is 144 g/mol. The van der Waals surface area contributed by atoms with Crippen LogP contribution in [0.2, 0.25) is 0 Å². The molecule has 1 saturated carbocycles. The average Bonchev–Trinajstić information content (AvgIpc) is 2.08. The summed E-state index contributed by atoms with van der Waals surface area (Å²) in [7, 11) is 0. The van der Waals surface area contributed by atoms with E-state index in [4.69, 9.17) is 0 Å². The van der Waals surface area contributed by atoms with E-state index in [1.165, 1.54) is 19.3 Å². The summed E-state index contributed by atoms with van der Waals surface area (Å²) in [5, 5.41) is 0. The van der Waals surface area contributed by atoms with Crippen LogP contribution in [-0.4, -0.2) is 0 Å². The van der Waals surface area contributed by atoms with E-state index in [9.17, 15) is 0 Å². The Morgan fingerprint density at radius 1 is 1.17 bits per heavy atom. The zero-order chi connectivity index (χ0) is 9.35. The van der Waals surface area contributed by atoms with Crippen LogP contribution in [0.15, 0.2) is 0 Å². The fourth-order valence-electron chi connectivity index (χ4n) is 2.86. The summed E-state index contributed by atoms with van der Waals surface area (Å²) >= 11 is 0. The highest BCUT2D eigenvalue weighted by molar-refractivity contribution is 4.90. The third-order valence-electron chi connectivity index (χ3n) is 4.84. The molecule has 0 spiro atoms. The highest BCUT2D eigenvalue weighted by Gasteiger charge is 2.40. The summed E-state index contributed by atoms with van der Waals surface area (Å²) in [6, 6.07) is 0. The zero-order valence-electron chi connectivity index (χ0n) is 9.35. The van der Waals surface area contributed by atoms with Crippen molar-refractivity contribution in [3.8, 4) is 0 Å². The van der Waals surface area contributed by atoms with E-state index in [0.717, 1.165) is 17.8 Å². The van der Waals surface area contributed by atoms with Crippen LogP contribution in [0, 0.1) is 23.2 Å². The Bertz CT molecular complexity index is 150. The second-order valence-electron chi connectivity index (χ2n) is 5.10. The average molecular weight is 168 g/mol. The highest BCUT2D eigenvalue weighted by atomic mass is 14.5. The van der Waals surface area contributed by atoms with E-state index in [-0.39, 0.29) is 0 Å². The first kappa shape index (κ1) is 10.1. The molecule has 0 saturated heterocycles. The topological polar surface area (TPSA) is 0 Å². The zero-order valence-corrected chi connectivity index (χ0v) is 9.35. The van der Waals surface area contributed by atoms with Gasteiger partial charge in [-0.1, -0.05) is 47.5 Å². The van der Waals surface area contributed by atoms with E-state index in [1.54, 1.807) is 0 Å². The molecule has 0 aromatic heterocycles. The summed E-state index contributed by atoms with van der Waals surface area (Å²) in [4.78, 5) is 0. The molecule has 0 bridgehead atoms. The van der Waals surface area contributed by atoms with Gasteiger partial charge in [-0.25, -0.2) is 0 Å². The fraction of sp³-hybridized carbons (Fsp3) is 1.00. The first-order valence-electron chi connectivity index (χ1n) is 5.52. The first-order chi connectivity index (χ1) is 5.52. The second kappa shape index (κ2) is 3.40. The third-order valence-corrected chi connectivity index (χ3v) is 4.84. The van der Waals surface area contributed by atoms with E-state index in [2.05, 4.69) is 34.6 Å². The molecule has 1 aliphatic rings. The van der Waals surface area contributed by atoms with E-state index in [1.807, 2.05) is 0 Å². The molecule has 0 N–H and O–H groups in total. The predicted octanol–water partition coefficient (Wildman–Crippen LogP) is 4.10. The van der Waals surface area contributed by atoms with Crippen molar-refractivity contribution in [1.29, 1.82) is 0 Å². The van der Waals surface area contributed by atoms with Crippen molar-refractivity contribution in [3.05, 3.63) is 0 Å². The predicted molar refractivity (Wildman–Crippen MR) is 55.1 cm³/mol. The summed E-state index contributed by atoms with van der Waals surface area (Å²) in [6.45, 7) is 12.1. The van der Waals surface area contributed by atoms with Crippen LogP contribution >= 0.6 is 0 Å². The van der Waals surface area contributed by atoms with Crippen LogP contribution in [-0.2, 0) is 0 Å². The Balaban J connectivity index is 2.78. The number of hydrogen-bond donors (Lipinski definition) is 0. The van der Waals surface area contributed by atoms with Crippen LogP contribution in [0.4, 0.5) is 0 Å². The van der Waals surface area contributed by atoms with Gasteiger partial charge in [0.25, 0.3) is 0 Å². The van der Waals surface area contributed by atoms with Crippen LogP contribution in [0.25, 0.3) is 0 Å². The molecule has 0 heterocycles. The van der Waals surface area contributed by atoms with Gasteiger partial charge in [0, 0.05) is 0 Å². The van der Waals surface area contributed by atoms with Crippen molar-refractivity contribution in [1.82, 2.24) is 0 Å². The molecule has 0 nitrogen and oxygen atoms in total. The van der Waals surface area contributed by atoms with Crippen molar-refractivity contribution >= 4 is 0 Å². The normalized spacial score (nSPS) is 49.2. The lowest BCUT2D eigenvalue weighted by Gasteiger charge is -2.48. The lowest BCUT2D eigenvalue weighted by atomic mass is 9.58. The van der Waals surface area contributed by atoms with Crippen LogP contribution in [0.5, 0.6) is 0 Å². The Kier molecular flexibility index (Phi) is 2.85. The summed E-state index contributed by atoms with van der Waals surface area (Å²) in [5.41, 5.74) is 0.609. The Morgan fingerprint density at radius 2 is 1.75 bits per heavy atom. The van der Waals surface area contributed by atoms with Gasteiger partial charge in [0.05, 0.1) is 0 Å². The summed E-state index contributed by atoms with van der Waals surface area (Å²) in [5.74, 6) is 2.77.